The van der Waals surface area contributed by atoms with E-state index in [-0.39, 0.29) is 11.7 Å². The van der Waals surface area contributed by atoms with Crippen molar-refractivity contribution in [3.8, 4) is 11.8 Å². The number of carbonyl (C=O) groups excluding carboxylic acids is 1. The lowest BCUT2D eigenvalue weighted by molar-refractivity contribution is -0.0964. The zero-order chi connectivity index (χ0) is 20.3. The van der Waals surface area contributed by atoms with Crippen LogP contribution in [0.3, 0.4) is 0 Å². The van der Waals surface area contributed by atoms with Gasteiger partial charge in [0.05, 0.1) is 22.0 Å². The molecule has 28 heavy (non-hydrogen) atoms. The van der Waals surface area contributed by atoms with E-state index in [1.54, 1.807) is 6.07 Å². The topological polar surface area (TPSA) is 78.2 Å². The molecule has 1 amide bonds. The van der Waals surface area contributed by atoms with Gasteiger partial charge in [0.15, 0.2) is 0 Å². The van der Waals surface area contributed by atoms with Gasteiger partial charge in [0, 0.05) is 36.6 Å². The number of ether oxygens (including phenoxy) is 1. The van der Waals surface area contributed by atoms with Crippen LogP contribution in [-0.4, -0.2) is 29.5 Å². The van der Waals surface area contributed by atoms with Gasteiger partial charge in [-0.25, -0.2) is 4.98 Å². The molecular formula is C18H14BrClF2N4O2. The van der Waals surface area contributed by atoms with Crippen molar-refractivity contribution in [2.75, 3.05) is 23.3 Å². The van der Waals surface area contributed by atoms with Gasteiger partial charge in [-0.05, 0) is 52.7 Å². The Kier molecular flexibility index (Phi) is 6.01. The zero-order valence-corrected chi connectivity index (χ0v) is 16.7. The lowest BCUT2D eigenvalue weighted by atomic mass is 10.1. The number of benzene rings is 1. The SMILES string of the molecule is N#C[C@@H]1CCN(c2ncc(C(=O)Nc3ccc(OC(F)(F)Cl)cc3)cc2Br)C1. The third-order valence-electron chi connectivity index (χ3n) is 4.10. The van der Waals surface area contributed by atoms with Gasteiger partial charge in [0.25, 0.3) is 5.91 Å². The average molecular weight is 472 g/mol. The maximum Gasteiger partial charge on any atom is 0.487 e. The fourth-order valence-corrected chi connectivity index (χ4v) is 3.48. The summed E-state index contributed by atoms with van der Waals surface area (Å²) in [7, 11) is 0. The first-order chi connectivity index (χ1) is 13.2. The maximum absolute atomic E-state index is 12.6. The average Bonchev–Trinajstić information content (AvgIpc) is 3.11. The van der Waals surface area contributed by atoms with Crippen LogP contribution >= 0.6 is 27.5 Å². The van der Waals surface area contributed by atoms with E-state index in [0.717, 1.165) is 13.0 Å². The number of alkyl halides is 3. The molecule has 1 aromatic carbocycles. The second kappa shape index (κ2) is 8.29. The third-order valence-corrected chi connectivity index (χ3v) is 4.76. The van der Waals surface area contributed by atoms with Gasteiger partial charge in [-0.2, -0.15) is 5.26 Å². The Morgan fingerprint density at radius 1 is 1.43 bits per heavy atom. The van der Waals surface area contributed by atoms with Crippen molar-refractivity contribution >= 4 is 44.9 Å². The fraction of sp³-hybridized carbons (Fsp3) is 0.278. The van der Waals surface area contributed by atoms with Gasteiger partial charge < -0.3 is 15.0 Å². The Hall–Kier alpha value is -2.44. The summed E-state index contributed by atoms with van der Waals surface area (Å²) in [5.41, 5.74) is -3.08. The molecule has 1 aromatic heterocycles. The van der Waals surface area contributed by atoms with Gasteiger partial charge in [0.1, 0.15) is 11.6 Å². The lowest BCUT2D eigenvalue weighted by Gasteiger charge is -2.18. The molecule has 0 bridgehead atoms. The van der Waals surface area contributed by atoms with E-state index in [0.29, 0.717) is 28.1 Å². The van der Waals surface area contributed by atoms with Gasteiger partial charge in [-0.15, -0.1) is 8.78 Å². The minimum absolute atomic E-state index is 0.0256. The van der Waals surface area contributed by atoms with Crippen molar-refractivity contribution < 1.29 is 18.3 Å². The van der Waals surface area contributed by atoms with Crippen LogP contribution in [0.15, 0.2) is 41.0 Å². The quantitative estimate of drug-likeness (QED) is 0.644. The number of aromatic nitrogens is 1. The number of nitrogens with zero attached hydrogens (tertiary/aromatic N) is 3. The van der Waals surface area contributed by atoms with Crippen LogP contribution in [0.2, 0.25) is 0 Å². The molecule has 0 saturated carbocycles. The van der Waals surface area contributed by atoms with Crippen LogP contribution in [0.5, 0.6) is 5.75 Å². The Morgan fingerprint density at radius 2 is 2.14 bits per heavy atom. The summed E-state index contributed by atoms with van der Waals surface area (Å²) in [6.07, 6.45) is 2.23. The number of amides is 1. The Morgan fingerprint density at radius 3 is 2.71 bits per heavy atom. The number of nitrogens with one attached hydrogen (secondary N) is 1. The summed E-state index contributed by atoms with van der Waals surface area (Å²) in [5, 5.41) is 11.7. The molecule has 3 rings (SSSR count). The number of nitriles is 1. The van der Waals surface area contributed by atoms with E-state index in [1.165, 1.54) is 30.5 Å². The van der Waals surface area contributed by atoms with Gasteiger partial charge in [-0.3, -0.25) is 4.79 Å². The van der Waals surface area contributed by atoms with Crippen molar-refractivity contribution in [1.29, 1.82) is 5.26 Å². The minimum atomic E-state index is -3.80. The number of carbonyl (C=O) groups is 1. The van der Waals surface area contributed by atoms with E-state index >= 15 is 0 Å². The fourth-order valence-electron chi connectivity index (χ4n) is 2.79. The molecule has 0 aliphatic carbocycles. The molecule has 1 aliphatic heterocycles. The van der Waals surface area contributed by atoms with Crippen LogP contribution in [0.25, 0.3) is 0 Å². The highest BCUT2D eigenvalue weighted by Crippen LogP contribution is 2.30. The summed E-state index contributed by atoms with van der Waals surface area (Å²) >= 11 is 8.13. The second-order valence-corrected chi connectivity index (χ2v) is 7.41. The predicted molar refractivity (Wildman–Crippen MR) is 104 cm³/mol. The number of halogens is 4. The molecule has 1 fully saturated rings. The van der Waals surface area contributed by atoms with Gasteiger partial charge in [0.2, 0.25) is 0 Å². The van der Waals surface area contributed by atoms with Crippen molar-refractivity contribution in [2.24, 2.45) is 5.92 Å². The number of hydrogen-bond acceptors (Lipinski definition) is 5. The largest absolute Gasteiger partial charge is 0.487 e. The van der Waals surface area contributed by atoms with Crippen LogP contribution in [0, 0.1) is 17.2 Å². The van der Waals surface area contributed by atoms with Gasteiger partial charge in [-0.1, -0.05) is 0 Å². The third kappa shape index (κ3) is 5.09. The number of pyridine rings is 1. The van der Waals surface area contributed by atoms with Crippen molar-refractivity contribution in [1.82, 2.24) is 4.98 Å². The molecule has 6 nitrogen and oxygen atoms in total. The van der Waals surface area contributed by atoms with Crippen LogP contribution in [0.4, 0.5) is 20.3 Å². The van der Waals surface area contributed by atoms with E-state index < -0.39 is 11.5 Å². The van der Waals surface area contributed by atoms with Crippen molar-refractivity contribution in [3.63, 3.8) is 0 Å². The minimum Gasteiger partial charge on any atom is -0.420 e. The van der Waals surface area contributed by atoms with E-state index in [1.807, 2.05) is 4.90 Å². The molecule has 1 saturated heterocycles. The molecule has 10 heteroatoms. The number of rotatable bonds is 5. The molecule has 2 aromatic rings. The monoisotopic (exact) mass is 470 g/mol. The molecule has 146 valence electrons. The van der Waals surface area contributed by atoms with Crippen LogP contribution in [-0.2, 0) is 0 Å². The van der Waals surface area contributed by atoms with Crippen LogP contribution < -0.4 is 15.0 Å². The lowest BCUT2D eigenvalue weighted by Crippen LogP contribution is -2.21. The summed E-state index contributed by atoms with van der Waals surface area (Å²) in [6, 6.07) is 9.25. The first-order valence-electron chi connectivity index (χ1n) is 8.22. The molecule has 1 N–H and O–H groups in total. The Labute approximate surface area is 173 Å². The summed E-state index contributed by atoms with van der Waals surface area (Å²) in [4.78, 5) is 18.7. The smallest absolute Gasteiger partial charge is 0.420 e. The highest BCUT2D eigenvalue weighted by molar-refractivity contribution is 9.10. The molecule has 0 spiro atoms. The predicted octanol–water partition coefficient (Wildman–Crippen LogP) is 4.61. The number of anilines is 2. The first-order valence-corrected chi connectivity index (χ1v) is 9.39. The number of hydrogen-bond donors (Lipinski definition) is 1. The van der Waals surface area contributed by atoms with E-state index in [2.05, 4.69) is 37.0 Å². The normalized spacial score (nSPS) is 16.5. The highest BCUT2D eigenvalue weighted by atomic mass is 79.9. The molecule has 0 radical (unpaired) electrons. The molecule has 0 unspecified atom stereocenters. The molecule has 2 heterocycles. The molecule has 1 atom stereocenters. The maximum atomic E-state index is 12.6. The summed E-state index contributed by atoms with van der Waals surface area (Å²) < 4.78 is 30.1. The summed E-state index contributed by atoms with van der Waals surface area (Å²) in [6.45, 7) is 1.33. The van der Waals surface area contributed by atoms with Crippen molar-refractivity contribution in [3.05, 3.63) is 46.6 Å². The van der Waals surface area contributed by atoms with E-state index in [4.69, 9.17) is 16.9 Å². The van der Waals surface area contributed by atoms with Gasteiger partial charge >= 0.3 is 5.57 Å². The van der Waals surface area contributed by atoms with E-state index in [9.17, 15) is 13.6 Å². The molecular weight excluding hydrogens is 458 g/mol. The Bertz CT molecular complexity index is 915. The summed E-state index contributed by atoms with van der Waals surface area (Å²) in [5.74, 6) is 0.112. The molecule has 1 aliphatic rings. The zero-order valence-electron chi connectivity index (χ0n) is 14.3. The highest BCUT2D eigenvalue weighted by Gasteiger charge is 2.27. The Balaban J connectivity index is 1.66. The second-order valence-electron chi connectivity index (χ2n) is 6.12. The standard InChI is InChI=1S/C18H14BrClF2N4O2/c19-15-7-12(9-24-16(15)26-6-5-11(8-23)10-26)17(27)25-13-1-3-14(4-2-13)28-18(20,21)22/h1-4,7,9,11H,5-6,10H2,(H,25,27)/t11-/m0/s1. The first kappa shape index (κ1) is 20.3. The van der Waals surface area contributed by atoms with Crippen molar-refractivity contribution in [2.45, 2.75) is 12.0 Å². The van der Waals surface area contributed by atoms with Crippen LogP contribution in [0.1, 0.15) is 16.8 Å².